The maximum absolute atomic E-state index is 13.3. The quantitative estimate of drug-likeness (QED) is 0.323. The Labute approximate surface area is 188 Å². The molecule has 3 N–H and O–H groups in total. The van der Waals surface area contributed by atoms with Crippen LogP contribution in [0.4, 0.5) is 5.82 Å². The van der Waals surface area contributed by atoms with Crippen molar-refractivity contribution in [2.24, 2.45) is 0 Å². The summed E-state index contributed by atoms with van der Waals surface area (Å²) in [5.74, 6) is 0.443. The Balaban J connectivity index is 1.68. The molecule has 1 atom stereocenters. The van der Waals surface area contributed by atoms with Gasteiger partial charge in [-0.3, -0.25) is 14.0 Å². The number of amides is 1. The highest BCUT2D eigenvalue weighted by Gasteiger charge is 2.26. The second kappa shape index (κ2) is 8.23. The molecule has 4 aromatic heterocycles. The van der Waals surface area contributed by atoms with E-state index in [-0.39, 0.29) is 40.8 Å². The molecule has 1 amide bonds. The molecule has 0 spiro atoms. The van der Waals surface area contributed by atoms with Crippen LogP contribution < -0.4 is 21.2 Å². The van der Waals surface area contributed by atoms with Crippen molar-refractivity contribution in [2.45, 2.75) is 19.5 Å². The van der Waals surface area contributed by atoms with E-state index < -0.39 is 0 Å². The summed E-state index contributed by atoms with van der Waals surface area (Å²) in [5.41, 5.74) is 8.23. The minimum Gasteiger partial charge on any atom is -0.466 e. The molecule has 0 saturated carbocycles. The van der Waals surface area contributed by atoms with E-state index in [4.69, 9.17) is 10.2 Å². The number of nitrogens with zero attached hydrogens (tertiary/aromatic N) is 3. The summed E-state index contributed by atoms with van der Waals surface area (Å²) >= 11 is 0. The van der Waals surface area contributed by atoms with Gasteiger partial charge in [0.05, 0.1) is 12.3 Å². The van der Waals surface area contributed by atoms with Gasteiger partial charge in [-0.05, 0) is 42.8 Å². The van der Waals surface area contributed by atoms with Crippen molar-refractivity contribution >= 4 is 28.4 Å². The predicted octanol–water partition coefficient (Wildman–Crippen LogP) is 2.85. The van der Waals surface area contributed by atoms with Gasteiger partial charge < -0.3 is 15.5 Å². The van der Waals surface area contributed by atoms with Gasteiger partial charge in [-0.15, -0.1) is 0 Å². The monoisotopic (exact) mass is 440 g/mol. The number of rotatable bonds is 5. The van der Waals surface area contributed by atoms with Crippen LogP contribution in [0.15, 0.2) is 88.4 Å². The summed E-state index contributed by atoms with van der Waals surface area (Å²) in [5, 5.41) is 3.26. The number of hydrogen-bond acceptors (Lipinski definition) is 5. The van der Waals surface area contributed by atoms with Crippen LogP contribution in [0, 0.1) is 0 Å². The van der Waals surface area contributed by atoms with Crippen LogP contribution in [0.25, 0.3) is 16.7 Å². The Bertz CT molecular complexity index is 1530. The fraction of sp³-hybridized carbons (Fsp3) is 0.120. The van der Waals surface area contributed by atoms with Gasteiger partial charge in [0.2, 0.25) is 11.5 Å². The van der Waals surface area contributed by atoms with Gasteiger partial charge in [0.1, 0.15) is 23.3 Å². The van der Waals surface area contributed by atoms with Crippen LogP contribution in [-0.2, 0) is 6.54 Å². The van der Waals surface area contributed by atoms with Gasteiger partial charge in [0.15, 0.2) is 0 Å². The lowest BCUT2D eigenvalue weighted by molar-refractivity contribution is -0.651. The minimum atomic E-state index is -0.378. The predicted molar refractivity (Wildman–Crippen MR) is 124 cm³/mol. The number of carbonyl (C=O) groups excluding carboxylic acids is 1. The van der Waals surface area contributed by atoms with E-state index in [0.29, 0.717) is 17.1 Å². The fourth-order valence-corrected chi connectivity index (χ4v) is 3.90. The van der Waals surface area contributed by atoms with Crippen molar-refractivity contribution in [1.29, 1.82) is 0 Å². The molecule has 1 aromatic carbocycles. The summed E-state index contributed by atoms with van der Waals surface area (Å²) in [4.78, 5) is 31.2. The molecule has 4 heterocycles. The lowest BCUT2D eigenvalue weighted by atomic mass is 10.1. The number of fused-ring (bicyclic) bond motifs is 2. The third-order valence-corrected chi connectivity index (χ3v) is 5.65. The lowest BCUT2D eigenvalue weighted by Gasteiger charge is -2.16. The van der Waals surface area contributed by atoms with Crippen LogP contribution in [0.1, 0.15) is 34.6 Å². The SMILES string of the molecule is C[C@H](NC(=O)c1cc2c(=O)n3ccccc3nc2[n+](Cc2ccco2)c1N)c1ccccc1. The molecular formula is C25H22N5O3+. The highest BCUT2D eigenvalue weighted by molar-refractivity contribution is 6.00. The number of carbonyl (C=O) groups is 1. The summed E-state index contributed by atoms with van der Waals surface area (Å²) < 4.78 is 8.59. The summed E-state index contributed by atoms with van der Waals surface area (Å²) in [7, 11) is 0. The first-order valence-electron chi connectivity index (χ1n) is 10.5. The number of nitrogens with one attached hydrogen (secondary N) is 1. The molecule has 0 aliphatic rings. The zero-order valence-corrected chi connectivity index (χ0v) is 17.9. The van der Waals surface area contributed by atoms with Crippen molar-refractivity contribution in [3.05, 3.63) is 106 Å². The van der Waals surface area contributed by atoms with Crippen LogP contribution in [0.3, 0.4) is 0 Å². The van der Waals surface area contributed by atoms with Gasteiger partial charge in [-0.2, -0.15) is 0 Å². The van der Waals surface area contributed by atoms with Crippen LogP contribution in [0.2, 0.25) is 0 Å². The number of hydrogen-bond donors (Lipinski definition) is 2. The summed E-state index contributed by atoms with van der Waals surface area (Å²) in [6.45, 7) is 2.12. The molecule has 5 rings (SSSR count). The highest BCUT2D eigenvalue weighted by atomic mass is 16.3. The molecule has 0 saturated heterocycles. The molecule has 5 aromatic rings. The Morgan fingerprint density at radius 2 is 1.94 bits per heavy atom. The number of nitrogens with two attached hydrogens (primary N) is 1. The van der Waals surface area contributed by atoms with E-state index in [2.05, 4.69) is 10.3 Å². The zero-order valence-electron chi connectivity index (χ0n) is 17.9. The molecule has 33 heavy (non-hydrogen) atoms. The number of anilines is 1. The molecule has 0 fully saturated rings. The van der Waals surface area contributed by atoms with E-state index in [9.17, 15) is 9.59 Å². The van der Waals surface area contributed by atoms with E-state index >= 15 is 0 Å². The fourth-order valence-electron chi connectivity index (χ4n) is 3.90. The van der Waals surface area contributed by atoms with Gasteiger partial charge >= 0.3 is 0 Å². The molecule has 164 valence electrons. The topological polar surface area (TPSA) is 107 Å². The van der Waals surface area contributed by atoms with E-state index in [1.165, 1.54) is 10.5 Å². The van der Waals surface area contributed by atoms with Gasteiger partial charge in [-0.1, -0.05) is 41.4 Å². The number of furan rings is 1. The summed E-state index contributed by atoms with van der Waals surface area (Å²) in [6, 6.07) is 19.8. The Kier molecular flexibility index (Phi) is 5.10. The molecule has 0 aliphatic heterocycles. The maximum Gasteiger partial charge on any atom is 0.278 e. The van der Waals surface area contributed by atoms with Crippen molar-refractivity contribution in [3.8, 4) is 0 Å². The largest absolute Gasteiger partial charge is 0.466 e. The average Bonchev–Trinajstić information content (AvgIpc) is 3.35. The van der Waals surface area contributed by atoms with Crippen molar-refractivity contribution in [1.82, 2.24) is 14.7 Å². The third-order valence-electron chi connectivity index (χ3n) is 5.65. The molecule has 8 heteroatoms. The number of nitrogen functional groups attached to an aromatic ring is 1. The Hall–Kier alpha value is -4.46. The van der Waals surface area contributed by atoms with Crippen LogP contribution >= 0.6 is 0 Å². The molecule has 0 unspecified atom stereocenters. The maximum atomic E-state index is 13.3. The number of aromatic nitrogens is 3. The smallest absolute Gasteiger partial charge is 0.278 e. The standard InChI is InChI=1S/C25H21N5O3/c1-16(17-8-3-2-4-9-17)27-24(31)19-14-20-23(28-21-11-5-6-12-29(21)25(20)32)30(22(19)26)15-18-10-7-13-33-18/h2-14,16,26H,15H2,1H3,(H,27,31)/p+1/t16-/m0/s1. The molecule has 0 aliphatic carbocycles. The molecule has 0 radical (unpaired) electrons. The highest BCUT2D eigenvalue weighted by Crippen LogP contribution is 2.18. The van der Waals surface area contributed by atoms with Crippen molar-refractivity contribution in [3.63, 3.8) is 0 Å². The van der Waals surface area contributed by atoms with E-state index in [0.717, 1.165) is 5.56 Å². The lowest BCUT2D eigenvalue weighted by Crippen LogP contribution is -2.43. The molecule has 8 nitrogen and oxygen atoms in total. The van der Waals surface area contributed by atoms with E-state index in [1.54, 1.807) is 47.4 Å². The third kappa shape index (κ3) is 3.71. The Morgan fingerprint density at radius 3 is 2.70 bits per heavy atom. The van der Waals surface area contributed by atoms with Gasteiger partial charge in [-0.25, -0.2) is 4.57 Å². The minimum absolute atomic E-state index is 0.198. The van der Waals surface area contributed by atoms with Crippen molar-refractivity contribution in [2.75, 3.05) is 5.73 Å². The second-order valence-corrected chi connectivity index (χ2v) is 7.80. The Morgan fingerprint density at radius 1 is 1.15 bits per heavy atom. The first-order valence-corrected chi connectivity index (χ1v) is 10.5. The van der Waals surface area contributed by atoms with Crippen LogP contribution in [-0.4, -0.2) is 15.3 Å². The second-order valence-electron chi connectivity index (χ2n) is 7.80. The molecule has 0 bridgehead atoms. The molecular weight excluding hydrogens is 418 g/mol. The first kappa shape index (κ1) is 20.4. The van der Waals surface area contributed by atoms with Gasteiger partial charge in [0.25, 0.3) is 17.1 Å². The normalized spacial score (nSPS) is 12.2. The van der Waals surface area contributed by atoms with Crippen molar-refractivity contribution < 1.29 is 13.8 Å². The number of benzene rings is 1. The summed E-state index contributed by atoms with van der Waals surface area (Å²) in [6.07, 6.45) is 3.21. The average molecular weight is 440 g/mol. The van der Waals surface area contributed by atoms with Crippen LogP contribution in [0.5, 0.6) is 0 Å². The first-order chi connectivity index (χ1) is 16.0. The van der Waals surface area contributed by atoms with Gasteiger partial charge in [0, 0.05) is 6.20 Å². The van der Waals surface area contributed by atoms with E-state index in [1.807, 2.05) is 37.3 Å². The zero-order chi connectivity index (χ0) is 22.9. The number of pyridine rings is 2.